The quantitative estimate of drug-likeness (QED) is 0.106. The molecule has 6 heterocycles. The molecule has 63 heavy (non-hydrogen) atoms. The number of fused-ring (bicyclic) bond motifs is 2. The topological polar surface area (TPSA) is 223 Å². The number of unbranched alkanes of at least 4 members (excludes halogenated alkanes) is 1. The number of imide groups is 2. The second-order valence-corrected chi connectivity index (χ2v) is 15.6. The van der Waals surface area contributed by atoms with Gasteiger partial charge in [-0.1, -0.05) is 41.6 Å². The number of nitrogens with one attached hydrogen (secondary N) is 3. The fourth-order valence-electron chi connectivity index (χ4n) is 8.31. The summed E-state index contributed by atoms with van der Waals surface area (Å²) < 4.78 is 3.49. The molecule has 3 aliphatic heterocycles. The first kappa shape index (κ1) is 40.7. The van der Waals surface area contributed by atoms with Gasteiger partial charge in [0.1, 0.15) is 29.9 Å². The van der Waals surface area contributed by atoms with Gasteiger partial charge in [-0.3, -0.25) is 48.6 Å². The van der Waals surface area contributed by atoms with Gasteiger partial charge in [-0.15, -0.1) is 5.10 Å². The number of hydrogen-bond acceptors (Lipinski definition) is 13. The molecule has 6 amide bonds. The molecule has 2 fully saturated rings. The van der Waals surface area contributed by atoms with Gasteiger partial charge < -0.3 is 15.5 Å². The zero-order valence-corrected chi connectivity index (χ0v) is 34.1. The summed E-state index contributed by atoms with van der Waals surface area (Å²) in [6.45, 7) is 2.83. The monoisotopic (exact) mass is 849 g/mol. The molecule has 0 aliphatic carbocycles. The fraction of sp³-hybridized carbons (Fsp3) is 0.295. The second-order valence-electron chi connectivity index (χ2n) is 15.6. The van der Waals surface area contributed by atoms with Gasteiger partial charge in [0.25, 0.3) is 11.8 Å². The number of rotatable bonds is 14. The van der Waals surface area contributed by atoms with E-state index in [4.69, 9.17) is 0 Å². The van der Waals surface area contributed by atoms with Crippen LogP contribution in [0.25, 0.3) is 16.6 Å². The molecule has 3 aromatic heterocycles. The van der Waals surface area contributed by atoms with Gasteiger partial charge in [-0.05, 0) is 55.7 Å². The molecule has 0 bridgehead atoms. The molecule has 0 saturated carbocycles. The lowest BCUT2D eigenvalue weighted by molar-refractivity contribution is -0.136. The van der Waals surface area contributed by atoms with Gasteiger partial charge >= 0.3 is 0 Å². The number of carbonyl (C=O) groups is 6. The van der Waals surface area contributed by atoms with Gasteiger partial charge in [0.05, 0.1) is 47.0 Å². The lowest BCUT2D eigenvalue weighted by atomic mass is 10.0. The van der Waals surface area contributed by atoms with E-state index in [0.717, 1.165) is 32.9 Å². The average molecular weight is 850 g/mol. The highest BCUT2D eigenvalue weighted by Gasteiger charge is 2.45. The molecule has 2 atom stereocenters. The minimum absolute atomic E-state index is 0.00770. The Labute approximate surface area is 360 Å². The van der Waals surface area contributed by atoms with Gasteiger partial charge in [0, 0.05) is 62.7 Å². The third-order valence-corrected chi connectivity index (χ3v) is 11.5. The Morgan fingerprint density at radius 2 is 1.71 bits per heavy atom. The van der Waals surface area contributed by atoms with E-state index in [2.05, 4.69) is 51.1 Å². The number of anilines is 2. The molecule has 3 aliphatic rings. The van der Waals surface area contributed by atoms with Crippen molar-refractivity contribution in [3.05, 3.63) is 120 Å². The zero-order valence-electron chi connectivity index (χ0n) is 34.1. The van der Waals surface area contributed by atoms with E-state index in [1.165, 1.54) is 12.1 Å². The summed E-state index contributed by atoms with van der Waals surface area (Å²) in [6, 6.07) is 20.6. The van der Waals surface area contributed by atoms with Crippen LogP contribution >= 0.6 is 0 Å². The van der Waals surface area contributed by atoms with Crippen molar-refractivity contribution in [2.45, 2.75) is 63.8 Å². The van der Waals surface area contributed by atoms with Crippen molar-refractivity contribution in [1.29, 1.82) is 0 Å². The van der Waals surface area contributed by atoms with E-state index >= 15 is 0 Å². The number of para-hydroxylation sites is 2. The maximum absolute atomic E-state index is 14.1. The highest BCUT2D eigenvalue weighted by molar-refractivity contribution is 6.26. The lowest BCUT2D eigenvalue weighted by Gasteiger charge is -2.41. The second kappa shape index (κ2) is 17.7. The summed E-state index contributed by atoms with van der Waals surface area (Å²) in [5.41, 5.74) is 3.62. The van der Waals surface area contributed by atoms with Crippen LogP contribution in [0.15, 0.2) is 97.7 Å². The summed E-state index contributed by atoms with van der Waals surface area (Å²) in [5, 5.41) is 22.0. The van der Waals surface area contributed by atoms with E-state index in [1.54, 1.807) is 23.3 Å². The SMILES string of the molecule is O=C1CCC(N2C(=O)c3cccc(NC(=O)CCCCn4cc(CNC(=O)C5CN(c6ncnc7ccccc67)CCN5Cc5cnn(-c6ccccc6)c5)nn4)c3C2=O)C(=O)N1. The molecule has 3 aromatic carbocycles. The summed E-state index contributed by atoms with van der Waals surface area (Å²) in [4.78, 5) is 91.9. The molecular weight excluding hydrogens is 807 g/mol. The van der Waals surface area contributed by atoms with Crippen LogP contribution in [-0.4, -0.2) is 112 Å². The van der Waals surface area contributed by atoms with Crippen molar-refractivity contribution in [3.8, 4) is 5.69 Å². The van der Waals surface area contributed by atoms with Gasteiger partial charge in [-0.25, -0.2) is 14.6 Å². The standard InChI is InChI=1S/C44H43N13O6/c58-37(49-34-14-8-12-32-39(34)44(63)57(43(32)62)35-16-17-38(59)50-42(35)61)15-6-7-18-55-25-29(51-52-55)22-45-41(60)36-26-54(40-31-11-4-5-13-33(31)46-27-47-40)20-19-53(36)23-28-21-48-56(24-28)30-9-2-1-3-10-30/h1-5,8-14,21,24-25,27,35-36H,6-7,15-20,22-23,26H2,(H,45,60)(H,49,58)(H,50,59,61). The molecule has 6 aromatic rings. The lowest BCUT2D eigenvalue weighted by Crippen LogP contribution is -2.58. The number of benzene rings is 3. The van der Waals surface area contributed by atoms with E-state index in [-0.39, 0.29) is 54.4 Å². The summed E-state index contributed by atoms with van der Waals surface area (Å²) in [5.74, 6) is -2.23. The predicted molar refractivity (Wildman–Crippen MR) is 227 cm³/mol. The van der Waals surface area contributed by atoms with E-state index in [0.29, 0.717) is 51.3 Å². The van der Waals surface area contributed by atoms with Gasteiger partial charge in [0.15, 0.2) is 0 Å². The molecule has 19 heteroatoms. The van der Waals surface area contributed by atoms with Crippen molar-refractivity contribution in [3.63, 3.8) is 0 Å². The normalized spacial score (nSPS) is 17.8. The Kier molecular flexibility index (Phi) is 11.5. The number of amides is 6. The molecule has 2 saturated heterocycles. The first-order valence-electron chi connectivity index (χ1n) is 20.8. The van der Waals surface area contributed by atoms with Gasteiger partial charge in [-0.2, -0.15) is 5.10 Å². The smallest absolute Gasteiger partial charge is 0.264 e. The molecule has 9 rings (SSSR count). The third-order valence-electron chi connectivity index (χ3n) is 11.5. The summed E-state index contributed by atoms with van der Waals surface area (Å²) in [6.07, 6.45) is 8.38. The number of aryl methyl sites for hydroxylation is 1. The third kappa shape index (κ3) is 8.63. The van der Waals surface area contributed by atoms with Crippen LogP contribution in [0.1, 0.15) is 64.1 Å². The van der Waals surface area contributed by atoms with E-state index in [1.807, 2.05) is 71.7 Å². The number of piperidine rings is 1. The summed E-state index contributed by atoms with van der Waals surface area (Å²) in [7, 11) is 0. The molecule has 3 N–H and O–H groups in total. The minimum Gasteiger partial charge on any atom is -0.353 e. The Balaban J connectivity index is 0.790. The number of carbonyl (C=O) groups excluding carboxylic acids is 6. The number of hydrogen-bond donors (Lipinski definition) is 3. The van der Waals surface area contributed by atoms with Crippen LogP contribution in [-0.2, 0) is 38.8 Å². The van der Waals surface area contributed by atoms with Crippen molar-refractivity contribution in [2.75, 3.05) is 29.9 Å². The first-order chi connectivity index (χ1) is 30.7. The number of nitrogens with zero attached hydrogens (tertiary/aromatic N) is 10. The Hall–Kier alpha value is -7.67. The van der Waals surface area contributed by atoms with Crippen LogP contribution in [0.2, 0.25) is 0 Å². The van der Waals surface area contributed by atoms with Crippen molar-refractivity contribution in [1.82, 2.24) is 55.2 Å². The maximum Gasteiger partial charge on any atom is 0.264 e. The van der Waals surface area contributed by atoms with Crippen LogP contribution in [0.5, 0.6) is 0 Å². The molecule has 2 unspecified atom stereocenters. The zero-order chi connectivity index (χ0) is 43.5. The van der Waals surface area contributed by atoms with Crippen LogP contribution in [0.4, 0.5) is 11.5 Å². The highest BCUT2D eigenvalue weighted by atomic mass is 16.2. The molecule has 0 spiro atoms. The van der Waals surface area contributed by atoms with Crippen molar-refractivity contribution in [2.24, 2.45) is 0 Å². The largest absolute Gasteiger partial charge is 0.353 e. The Bertz CT molecular complexity index is 2730. The Morgan fingerprint density at radius 3 is 2.57 bits per heavy atom. The summed E-state index contributed by atoms with van der Waals surface area (Å²) >= 11 is 0. The predicted octanol–water partition coefficient (Wildman–Crippen LogP) is 2.62. The van der Waals surface area contributed by atoms with E-state index in [9.17, 15) is 28.8 Å². The number of piperazine rings is 1. The molecular formula is C44H43N13O6. The van der Waals surface area contributed by atoms with Gasteiger partial charge in [0.2, 0.25) is 23.6 Å². The first-order valence-corrected chi connectivity index (χ1v) is 20.8. The Morgan fingerprint density at radius 1 is 0.873 bits per heavy atom. The molecule has 19 nitrogen and oxygen atoms in total. The molecule has 0 radical (unpaired) electrons. The maximum atomic E-state index is 14.1. The highest BCUT2D eigenvalue weighted by Crippen LogP contribution is 2.33. The van der Waals surface area contributed by atoms with Crippen LogP contribution in [0.3, 0.4) is 0 Å². The minimum atomic E-state index is -1.11. The number of aromatic nitrogens is 7. The fourth-order valence-corrected chi connectivity index (χ4v) is 8.31. The van der Waals surface area contributed by atoms with Crippen molar-refractivity contribution < 1.29 is 28.8 Å². The van der Waals surface area contributed by atoms with Crippen molar-refractivity contribution >= 4 is 57.9 Å². The molecule has 320 valence electrons. The van der Waals surface area contributed by atoms with Crippen LogP contribution in [0, 0.1) is 0 Å². The van der Waals surface area contributed by atoms with Crippen LogP contribution < -0.4 is 20.9 Å². The average Bonchev–Trinajstić information content (AvgIpc) is 4.03. The van der Waals surface area contributed by atoms with E-state index < -0.39 is 35.7 Å².